The maximum Gasteiger partial charge on any atom is 0.246 e. The monoisotopic (exact) mass is 262 g/mol. The van der Waals surface area contributed by atoms with E-state index in [9.17, 15) is 9.90 Å². The fourth-order valence-corrected chi connectivity index (χ4v) is 2.47. The number of hydrogen-bond donors (Lipinski definition) is 2. The summed E-state index contributed by atoms with van der Waals surface area (Å²) < 4.78 is 0. The predicted octanol–water partition coefficient (Wildman–Crippen LogP) is 1.38. The minimum atomic E-state index is -0.494. The molecule has 0 radical (unpaired) electrons. The highest BCUT2D eigenvalue weighted by molar-refractivity contribution is 5.98. The van der Waals surface area contributed by atoms with E-state index in [4.69, 9.17) is 0 Å². The first-order valence-corrected chi connectivity index (χ1v) is 6.79. The number of amides is 1. The van der Waals surface area contributed by atoms with Crippen LogP contribution in [0.3, 0.4) is 0 Å². The number of aliphatic hydroxyl groups is 1. The van der Waals surface area contributed by atoms with Gasteiger partial charge in [-0.15, -0.1) is 0 Å². The number of nitrogens with one attached hydrogen (secondary N) is 1. The summed E-state index contributed by atoms with van der Waals surface area (Å²) in [6.07, 6.45) is 0.884. The van der Waals surface area contributed by atoms with Crippen molar-refractivity contribution >= 4 is 11.6 Å². The molecule has 104 valence electrons. The van der Waals surface area contributed by atoms with Crippen LogP contribution in [0.15, 0.2) is 18.2 Å². The average Bonchev–Trinajstić information content (AvgIpc) is 2.52. The molecule has 1 amide bonds. The topological polar surface area (TPSA) is 52.6 Å². The normalized spacial score (nSPS) is 24.4. The molecule has 0 bridgehead atoms. The molecule has 0 aromatic heterocycles. The Morgan fingerprint density at radius 2 is 2.11 bits per heavy atom. The van der Waals surface area contributed by atoms with E-state index >= 15 is 0 Å². The maximum atomic E-state index is 12.5. The molecule has 1 fully saturated rings. The van der Waals surface area contributed by atoms with E-state index in [1.165, 1.54) is 11.1 Å². The van der Waals surface area contributed by atoms with E-state index in [1.54, 1.807) is 0 Å². The molecule has 19 heavy (non-hydrogen) atoms. The number of hydrogen-bond acceptors (Lipinski definition) is 3. The van der Waals surface area contributed by atoms with Crippen LogP contribution in [0.1, 0.15) is 24.5 Å². The number of aliphatic hydroxyl groups excluding tert-OH is 1. The molecule has 0 saturated carbocycles. The lowest BCUT2D eigenvalue weighted by Crippen LogP contribution is -2.48. The zero-order valence-electron chi connectivity index (χ0n) is 11.8. The standard InChI is InChI=1S/C15H22N2O2/c1-10-4-5-13(8-11(10)2)17-12(3)6-7-16-14(9-18)15(17)19/h4-5,8,12,14,16,18H,6-7,9H2,1-3H3. The van der Waals surface area contributed by atoms with Gasteiger partial charge in [-0.25, -0.2) is 0 Å². The highest BCUT2D eigenvalue weighted by Gasteiger charge is 2.31. The first-order valence-electron chi connectivity index (χ1n) is 6.79. The Labute approximate surface area is 114 Å². The Morgan fingerprint density at radius 3 is 2.74 bits per heavy atom. The summed E-state index contributed by atoms with van der Waals surface area (Å²) in [5.41, 5.74) is 3.31. The summed E-state index contributed by atoms with van der Waals surface area (Å²) >= 11 is 0. The van der Waals surface area contributed by atoms with Gasteiger partial charge < -0.3 is 15.3 Å². The molecular formula is C15H22N2O2. The molecule has 0 aliphatic carbocycles. The van der Waals surface area contributed by atoms with Crippen molar-refractivity contribution in [3.8, 4) is 0 Å². The van der Waals surface area contributed by atoms with E-state index in [0.29, 0.717) is 0 Å². The van der Waals surface area contributed by atoms with Gasteiger partial charge in [0.25, 0.3) is 0 Å². The summed E-state index contributed by atoms with van der Waals surface area (Å²) in [4.78, 5) is 14.3. The summed E-state index contributed by atoms with van der Waals surface area (Å²) in [7, 11) is 0. The average molecular weight is 262 g/mol. The SMILES string of the molecule is Cc1ccc(N2C(=O)C(CO)NCCC2C)cc1C. The summed E-state index contributed by atoms with van der Waals surface area (Å²) in [6.45, 7) is 6.75. The minimum Gasteiger partial charge on any atom is -0.394 e. The molecule has 0 spiro atoms. The lowest BCUT2D eigenvalue weighted by molar-refractivity contribution is -0.121. The molecule has 2 rings (SSSR count). The number of rotatable bonds is 2. The Hall–Kier alpha value is -1.39. The smallest absolute Gasteiger partial charge is 0.246 e. The second kappa shape index (κ2) is 5.72. The van der Waals surface area contributed by atoms with Gasteiger partial charge in [0.2, 0.25) is 5.91 Å². The van der Waals surface area contributed by atoms with Gasteiger partial charge in [-0.05, 0) is 57.0 Å². The van der Waals surface area contributed by atoms with Crippen LogP contribution in [0, 0.1) is 13.8 Å². The summed E-state index contributed by atoms with van der Waals surface area (Å²) in [6, 6.07) is 5.71. The molecule has 1 aliphatic rings. The highest BCUT2D eigenvalue weighted by atomic mass is 16.3. The van der Waals surface area contributed by atoms with Crippen LogP contribution in [0.25, 0.3) is 0 Å². The van der Waals surface area contributed by atoms with Crippen molar-refractivity contribution in [1.29, 1.82) is 0 Å². The molecule has 1 aliphatic heterocycles. The highest BCUT2D eigenvalue weighted by Crippen LogP contribution is 2.24. The lowest BCUT2D eigenvalue weighted by Gasteiger charge is -2.29. The van der Waals surface area contributed by atoms with Crippen molar-refractivity contribution in [2.45, 2.75) is 39.3 Å². The van der Waals surface area contributed by atoms with Crippen LogP contribution in [0.4, 0.5) is 5.69 Å². The lowest BCUT2D eigenvalue weighted by atomic mass is 10.1. The zero-order valence-corrected chi connectivity index (χ0v) is 11.8. The Morgan fingerprint density at radius 1 is 1.37 bits per heavy atom. The largest absolute Gasteiger partial charge is 0.394 e. The molecule has 1 aromatic carbocycles. The number of carbonyl (C=O) groups excluding carboxylic acids is 1. The Kier molecular flexibility index (Phi) is 4.22. The molecule has 4 heteroatoms. The van der Waals surface area contributed by atoms with Crippen molar-refractivity contribution in [1.82, 2.24) is 5.32 Å². The van der Waals surface area contributed by atoms with Crippen LogP contribution >= 0.6 is 0 Å². The van der Waals surface area contributed by atoms with Gasteiger partial charge >= 0.3 is 0 Å². The van der Waals surface area contributed by atoms with E-state index in [-0.39, 0.29) is 18.6 Å². The van der Waals surface area contributed by atoms with E-state index in [2.05, 4.69) is 19.2 Å². The molecule has 1 heterocycles. The van der Waals surface area contributed by atoms with Gasteiger partial charge in [0.1, 0.15) is 6.04 Å². The third-order valence-electron chi connectivity index (χ3n) is 3.88. The number of nitrogens with zero attached hydrogens (tertiary/aromatic N) is 1. The third kappa shape index (κ3) is 2.80. The van der Waals surface area contributed by atoms with Crippen LogP contribution in [0.2, 0.25) is 0 Å². The molecule has 2 unspecified atom stereocenters. The van der Waals surface area contributed by atoms with Crippen LogP contribution < -0.4 is 10.2 Å². The maximum absolute atomic E-state index is 12.5. The molecular weight excluding hydrogens is 240 g/mol. The molecule has 1 aromatic rings. The quantitative estimate of drug-likeness (QED) is 0.846. The zero-order chi connectivity index (χ0) is 14.0. The summed E-state index contributed by atoms with van der Waals surface area (Å²) in [5.74, 6) is -0.0456. The van der Waals surface area contributed by atoms with Gasteiger partial charge in [-0.1, -0.05) is 6.07 Å². The number of benzene rings is 1. The molecule has 4 nitrogen and oxygen atoms in total. The van der Waals surface area contributed by atoms with E-state index in [1.807, 2.05) is 30.0 Å². The van der Waals surface area contributed by atoms with Crippen molar-refractivity contribution in [2.24, 2.45) is 0 Å². The van der Waals surface area contributed by atoms with Crippen LogP contribution in [-0.2, 0) is 4.79 Å². The van der Waals surface area contributed by atoms with Crippen molar-refractivity contribution < 1.29 is 9.90 Å². The predicted molar refractivity (Wildman–Crippen MR) is 76.4 cm³/mol. The first kappa shape index (κ1) is 14.0. The molecule has 2 N–H and O–H groups in total. The fourth-order valence-electron chi connectivity index (χ4n) is 2.47. The number of carbonyl (C=O) groups is 1. The van der Waals surface area contributed by atoms with Gasteiger partial charge in [-0.2, -0.15) is 0 Å². The Bertz CT molecular complexity index is 473. The van der Waals surface area contributed by atoms with Gasteiger partial charge in [0.05, 0.1) is 6.61 Å². The van der Waals surface area contributed by atoms with Crippen LogP contribution in [-0.4, -0.2) is 36.2 Å². The van der Waals surface area contributed by atoms with Gasteiger partial charge in [0, 0.05) is 11.7 Å². The second-order valence-electron chi connectivity index (χ2n) is 5.30. The number of aryl methyl sites for hydroxylation is 2. The van der Waals surface area contributed by atoms with Gasteiger partial charge in [-0.3, -0.25) is 4.79 Å². The van der Waals surface area contributed by atoms with Gasteiger partial charge in [0.15, 0.2) is 0 Å². The molecule has 1 saturated heterocycles. The number of anilines is 1. The minimum absolute atomic E-state index is 0.0456. The third-order valence-corrected chi connectivity index (χ3v) is 3.88. The fraction of sp³-hybridized carbons (Fsp3) is 0.533. The van der Waals surface area contributed by atoms with Crippen molar-refractivity contribution in [3.63, 3.8) is 0 Å². The Balaban J connectivity index is 2.37. The van der Waals surface area contributed by atoms with Crippen LogP contribution in [0.5, 0.6) is 0 Å². The van der Waals surface area contributed by atoms with E-state index < -0.39 is 6.04 Å². The summed E-state index contributed by atoms with van der Waals surface area (Å²) in [5, 5.41) is 12.4. The van der Waals surface area contributed by atoms with Crippen molar-refractivity contribution in [2.75, 3.05) is 18.1 Å². The molecule has 2 atom stereocenters. The first-order chi connectivity index (χ1) is 9.04. The van der Waals surface area contributed by atoms with E-state index in [0.717, 1.165) is 18.7 Å². The second-order valence-corrected chi connectivity index (χ2v) is 5.30. The van der Waals surface area contributed by atoms with Crippen molar-refractivity contribution in [3.05, 3.63) is 29.3 Å².